The Morgan fingerprint density at radius 2 is 1.81 bits per heavy atom. The van der Waals surface area contributed by atoms with Crippen molar-refractivity contribution < 1.29 is 4.79 Å². The molecular weight excluding hydrogens is 340 g/mol. The molecule has 4 rings (SSSR count). The van der Waals surface area contributed by atoms with Gasteiger partial charge in [0.2, 0.25) is 5.91 Å². The average Bonchev–Trinajstić information content (AvgIpc) is 3.23. The van der Waals surface area contributed by atoms with E-state index in [2.05, 4.69) is 26.1 Å². The van der Waals surface area contributed by atoms with E-state index in [1.54, 1.807) is 12.5 Å². The number of imidazole rings is 1. The molecule has 0 spiro atoms. The number of amides is 1. The molecule has 0 saturated carbocycles. The summed E-state index contributed by atoms with van der Waals surface area (Å²) in [5, 5.41) is 8.59. The van der Waals surface area contributed by atoms with Crippen molar-refractivity contribution in [1.82, 2.24) is 24.6 Å². The first kappa shape index (κ1) is 17.2. The molecule has 1 fully saturated rings. The predicted octanol–water partition coefficient (Wildman–Crippen LogP) is 1.86. The number of hydrogen-bond acceptors (Lipinski definition) is 5. The van der Waals surface area contributed by atoms with Crippen LogP contribution < -0.4 is 4.90 Å². The topological polar surface area (TPSA) is 67.2 Å². The minimum Gasteiger partial charge on any atom is -0.352 e. The van der Waals surface area contributed by atoms with Crippen molar-refractivity contribution in [2.24, 2.45) is 0 Å². The number of rotatable bonds is 4. The Balaban J connectivity index is 1.34. The molecule has 3 aromatic rings. The molecular formula is C20H22N6O. The highest BCUT2D eigenvalue weighted by Gasteiger charge is 2.22. The molecule has 7 nitrogen and oxygen atoms in total. The molecule has 0 unspecified atom stereocenters. The molecule has 1 saturated heterocycles. The molecule has 0 N–H and O–H groups in total. The molecule has 1 amide bonds. The summed E-state index contributed by atoms with van der Waals surface area (Å²) in [6.45, 7) is 4.98. The molecule has 1 aliphatic rings. The maximum absolute atomic E-state index is 12.6. The number of aromatic nitrogens is 4. The van der Waals surface area contributed by atoms with Gasteiger partial charge < -0.3 is 9.80 Å². The standard InChI is InChI=1S/C20H22N6O/c1-16-3-2-4-17(13-16)14-20(27)25-11-9-24(10-12-25)18-5-6-19(23-22-18)26-8-7-21-15-26/h2-8,13,15H,9-12,14H2,1H3. The van der Waals surface area contributed by atoms with E-state index in [0.717, 1.165) is 30.3 Å². The summed E-state index contributed by atoms with van der Waals surface area (Å²) in [5.41, 5.74) is 2.26. The number of carbonyl (C=O) groups excluding carboxylic acids is 1. The zero-order valence-electron chi connectivity index (χ0n) is 15.3. The third-order valence-corrected chi connectivity index (χ3v) is 4.80. The van der Waals surface area contributed by atoms with Gasteiger partial charge in [-0.3, -0.25) is 9.36 Å². The lowest BCUT2D eigenvalue weighted by molar-refractivity contribution is -0.130. The fourth-order valence-corrected chi connectivity index (χ4v) is 3.31. The number of benzene rings is 1. The molecule has 1 aromatic carbocycles. The quantitative estimate of drug-likeness (QED) is 0.709. The summed E-state index contributed by atoms with van der Waals surface area (Å²) in [6.07, 6.45) is 5.70. The van der Waals surface area contributed by atoms with Crippen LogP contribution in [-0.2, 0) is 11.2 Å². The SMILES string of the molecule is Cc1cccc(CC(=O)N2CCN(c3ccc(-n4ccnc4)nn3)CC2)c1. The summed E-state index contributed by atoms with van der Waals surface area (Å²) in [7, 11) is 0. The van der Waals surface area contributed by atoms with Crippen LogP contribution in [0, 0.1) is 6.92 Å². The zero-order valence-corrected chi connectivity index (χ0v) is 15.3. The summed E-state index contributed by atoms with van der Waals surface area (Å²) < 4.78 is 1.82. The first-order valence-electron chi connectivity index (χ1n) is 9.09. The van der Waals surface area contributed by atoms with E-state index in [4.69, 9.17) is 0 Å². The normalized spacial score (nSPS) is 14.4. The smallest absolute Gasteiger partial charge is 0.227 e. The summed E-state index contributed by atoms with van der Waals surface area (Å²) in [5.74, 6) is 1.76. The zero-order chi connectivity index (χ0) is 18.6. The highest BCUT2D eigenvalue weighted by atomic mass is 16.2. The van der Waals surface area contributed by atoms with Crippen molar-refractivity contribution in [2.45, 2.75) is 13.3 Å². The number of hydrogen-bond donors (Lipinski definition) is 0. The van der Waals surface area contributed by atoms with Crippen molar-refractivity contribution in [2.75, 3.05) is 31.1 Å². The maximum Gasteiger partial charge on any atom is 0.227 e. The van der Waals surface area contributed by atoms with Gasteiger partial charge in [0.25, 0.3) is 0 Å². The molecule has 3 heterocycles. The van der Waals surface area contributed by atoms with Crippen LogP contribution in [0.2, 0.25) is 0 Å². The largest absolute Gasteiger partial charge is 0.352 e. The van der Waals surface area contributed by atoms with Gasteiger partial charge in [-0.1, -0.05) is 29.8 Å². The minimum atomic E-state index is 0.182. The van der Waals surface area contributed by atoms with Gasteiger partial charge in [-0.2, -0.15) is 0 Å². The van der Waals surface area contributed by atoms with Gasteiger partial charge in [-0.15, -0.1) is 10.2 Å². The molecule has 0 radical (unpaired) electrons. The second kappa shape index (κ2) is 7.57. The second-order valence-corrected chi connectivity index (χ2v) is 6.75. The predicted molar refractivity (Wildman–Crippen MR) is 103 cm³/mol. The fraction of sp³-hybridized carbons (Fsp3) is 0.300. The van der Waals surface area contributed by atoms with E-state index < -0.39 is 0 Å². The number of aryl methyl sites for hydroxylation is 1. The lowest BCUT2D eigenvalue weighted by Crippen LogP contribution is -2.49. The van der Waals surface area contributed by atoms with Gasteiger partial charge in [0.05, 0.1) is 6.42 Å². The van der Waals surface area contributed by atoms with Gasteiger partial charge in [0, 0.05) is 38.6 Å². The van der Waals surface area contributed by atoms with E-state index in [9.17, 15) is 4.79 Å². The highest BCUT2D eigenvalue weighted by Crippen LogP contribution is 2.15. The van der Waals surface area contributed by atoms with E-state index in [1.807, 2.05) is 52.9 Å². The number of anilines is 1. The van der Waals surface area contributed by atoms with Crippen molar-refractivity contribution in [3.63, 3.8) is 0 Å². The lowest BCUT2D eigenvalue weighted by Gasteiger charge is -2.35. The van der Waals surface area contributed by atoms with Crippen LogP contribution in [-0.4, -0.2) is 56.7 Å². The molecule has 2 aromatic heterocycles. The molecule has 138 valence electrons. The number of carbonyl (C=O) groups is 1. The van der Waals surface area contributed by atoms with Gasteiger partial charge in [-0.05, 0) is 24.6 Å². The fourth-order valence-electron chi connectivity index (χ4n) is 3.31. The van der Waals surface area contributed by atoms with Crippen LogP contribution in [0.15, 0.2) is 55.1 Å². The van der Waals surface area contributed by atoms with Crippen LogP contribution in [0.3, 0.4) is 0 Å². The van der Waals surface area contributed by atoms with Crippen LogP contribution in [0.25, 0.3) is 5.82 Å². The Morgan fingerprint density at radius 1 is 1.04 bits per heavy atom. The first-order chi connectivity index (χ1) is 13.2. The van der Waals surface area contributed by atoms with Crippen molar-refractivity contribution >= 4 is 11.7 Å². The third-order valence-electron chi connectivity index (χ3n) is 4.80. The lowest BCUT2D eigenvalue weighted by atomic mass is 10.1. The van der Waals surface area contributed by atoms with Gasteiger partial charge in [0.15, 0.2) is 11.6 Å². The Hall–Kier alpha value is -3.22. The Bertz CT molecular complexity index is 898. The molecule has 0 atom stereocenters. The minimum absolute atomic E-state index is 0.182. The van der Waals surface area contributed by atoms with Gasteiger partial charge in [0.1, 0.15) is 6.33 Å². The van der Waals surface area contributed by atoms with Gasteiger partial charge in [-0.25, -0.2) is 4.98 Å². The Labute approximate surface area is 158 Å². The Kier molecular flexibility index (Phi) is 4.82. The van der Waals surface area contributed by atoms with E-state index in [-0.39, 0.29) is 5.91 Å². The van der Waals surface area contributed by atoms with Crippen molar-refractivity contribution in [3.05, 3.63) is 66.2 Å². The summed E-state index contributed by atoms with van der Waals surface area (Å²) in [6, 6.07) is 12.0. The highest BCUT2D eigenvalue weighted by molar-refractivity contribution is 5.79. The maximum atomic E-state index is 12.6. The molecule has 0 bridgehead atoms. The van der Waals surface area contributed by atoms with Crippen LogP contribution in [0.1, 0.15) is 11.1 Å². The van der Waals surface area contributed by atoms with E-state index in [0.29, 0.717) is 19.5 Å². The summed E-state index contributed by atoms with van der Waals surface area (Å²) >= 11 is 0. The van der Waals surface area contributed by atoms with E-state index >= 15 is 0 Å². The van der Waals surface area contributed by atoms with E-state index in [1.165, 1.54) is 5.56 Å². The van der Waals surface area contributed by atoms with Crippen LogP contribution >= 0.6 is 0 Å². The molecule has 1 aliphatic heterocycles. The summed E-state index contributed by atoms with van der Waals surface area (Å²) in [4.78, 5) is 20.7. The first-order valence-corrected chi connectivity index (χ1v) is 9.09. The number of piperazine rings is 1. The van der Waals surface area contributed by atoms with Crippen LogP contribution in [0.5, 0.6) is 0 Å². The molecule has 0 aliphatic carbocycles. The van der Waals surface area contributed by atoms with Crippen molar-refractivity contribution in [1.29, 1.82) is 0 Å². The van der Waals surface area contributed by atoms with Crippen LogP contribution in [0.4, 0.5) is 5.82 Å². The molecule has 27 heavy (non-hydrogen) atoms. The number of nitrogens with zero attached hydrogens (tertiary/aromatic N) is 6. The third kappa shape index (κ3) is 3.97. The Morgan fingerprint density at radius 3 is 2.48 bits per heavy atom. The average molecular weight is 362 g/mol. The van der Waals surface area contributed by atoms with Gasteiger partial charge >= 0.3 is 0 Å². The van der Waals surface area contributed by atoms with Crippen molar-refractivity contribution in [3.8, 4) is 5.82 Å². The second-order valence-electron chi connectivity index (χ2n) is 6.75. The monoisotopic (exact) mass is 362 g/mol. The molecule has 7 heteroatoms.